The number of anilines is 2. The maximum absolute atomic E-state index is 12.0. The summed E-state index contributed by atoms with van der Waals surface area (Å²) in [6.07, 6.45) is 0. The third-order valence-corrected chi connectivity index (χ3v) is 3.45. The number of rotatable bonds is 5. The zero-order valence-electron chi connectivity index (χ0n) is 13.8. The van der Waals surface area contributed by atoms with E-state index in [1.165, 1.54) is 19.1 Å². The van der Waals surface area contributed by atoms with Gasteiger partial charge in [0.2, 0.25) is 5.91 Å². The number of carbonyl (C=O) groups excluding carboxylic acids is 3. The van der Waals surface area contributed by atoms with E-state index in [-0.39, 0.29) is 11.5 Å². The lowest BCUT2D eigenvalue weighted by molar-refractivity contribution is -0.119. The third-order valence-electron chi connectivity index (χ3n) is 3.22. The highest BCUT2D eigenvalue weighted by molar-refractivity contribution is 6.30. The van der Waals surface area contributed by atoms with Crippen LogP contribution in [-0.4, -0.2) is 24.4 Å². The second-order valence-corrected chi connectivity index (χ2v) is 5.78. The molecule has 2 aromatic rings. The van der Waals surface area contributed by atoms with Gasteiger partial charge in [-0.3, -0.25) is 9.59 Å². The summed E-state index contributed by atoms with van der Waals surface area (Å²) in [5.41, 5.74) is 2.11. The molecule has 0 aliphatic carbocycles. The zero-order chi connectivity index (χ0) is 18.4. The summed E-state index contributed by atoms with van der Waals surface area (Å²) >= 11 is 5.86. The Kier molecular flexibility index (Phi) is 6.14. The average Bonchev–Trinajstić information content (AvgIpc) is 2.55. The maximum Gasteiger partial charge on any atom is 0.338 e. The molecule has 25 heavy (non-hydrogen) atoms. The number of halogens is 1. The lowest BCUT2D eigenvalue weighted by Crippen LogP contribution is -2.21. The van der Waals surface area contributed by atoms with Crippen molar-refractivity contribution in [3.05, 3.63) is 58.6 Å². The Bertz CT molecular complexity index is 820. The van der Waals surface area contributed by atoms with Gasteiger partial charge in [-0.2, -0.15) is 0 Å². The highest BCUT2D eigenvalue weighted by Gasteiger charge is 2.12. The van der Waals surface area contributed by atoms with E-state index in [0.29, 0.717) is 16.4 Å². The topological polar surface area (TPSA) is 84.5 Å². The molecule has 0 unspecified atom stereocenters. The standard InChI is InChI=1S/C18H17ClN2O4/c1-11-8-14(19)6-7-16(11)21-17(23)10-25-18(24)13-4-3-5-15(9-13)20-12(2)22/h3-9H,10H2,1-2H3,(H,20,22)(H,21,23). The molecule has 0 saturated heterocycles. The molecule has 0 atom stereocenters. The molecule has 0 aromatic heterocycles. The molecule has 0 saturated carbocycles. The van der Waals surface area contributed by atoms with Gasteiger partial charge in [0.05, 0.1) is 5.56 Å². The van der Waals surface area contributed by atoms with Crippen LogP contribution in [0, 0.1) is 6.92 Å². The first-order valence-electron chi connectivity index (χ1n) is 7.46. The van der Waals surface area contributed by atoms with Crippen molar-refractivity contribution in [1.29, 1.82) is 0 Å². The fourth-order valence-corrected chi connectivity index (χ4v) is 2.32. The van der Waals surface area contributed by atoms with Crippen LogP contribution in [0.5, 0.6) is 0 Å². The fourth-order valence-electron chi connectivity index (χ4n) is 2.10. The summed E-state index contributed by atoms with van der Waals surface area (Å²) in [4.78, 5) is 35.0. The molecule has 6 nitrogen and oxygen atoms in total. The van der Waals surface area contributed by atoms with Gasteiger partial charge in [0.25, 0.3) is 5.91 Å². The normalized spacial score (nSPS) is 10.0. The third kappa shape index (κ3) is 5.61. The van der Waals surface area contributed by atoms with E-state index in [1.807, 2.05) is 0 Å². The minimum absolute atomic E-state index is 0.238. The highest BCUT2D eigenvalue weighted by Crippen LogP contribution is 2.19. The van der Waals surface area contributed by atoms with Gasteiger partial charge in [-0.15, -0.1) is 0 Å². The van der Waals surface area contributed by atoms with Crippen LogP contribution in [0.4, 0.5) is 11.4 Å². The predicted molar refractivity (Wildman–Crippen MR) is 95.8 cm³/mol. The van der Waals surface area contributed by atoms with Gasteiger partial charge in [0.1, 0.15) is 0 Å². The number of hydrogen-bond donors (Lipinski definition) is 2. The summed E-state index contributed by atoms with van der Waals surface area (Å²) < 4.78 is 5.00. The van der Waals surface area contributed by atoms with Crippen molar-refractivity contribution in [2.45, 2.75) is 13.8 Å². The zero-order valence-corrected chi connectivity index (χ0v) is 14.5. The largest absolute Gasteiger partial charge is 0.452 e. The van der Waals surface area contributed by atoms with E-state index >= 15 is 0 Å². The lowest BCUT2D eigenvalue weighted by Gasteiger charge is -2.10. The molecular formula is C18H17ClN2O4. The Labute approximate surface area is 150 Å². The molecule has 0 radical (unpaired) electrons. The number of nitrogens with one attached hydrogen (secondary N) is 2. The Hall–Kier alpha value is -2.86. The van der Waals surface area contributed by atoms with Crippen molar-refractivity contribution in [3.8, 4) is 0 Å². The van der Waals surface area contributed by atoms with Crippen molar-refractivity contribution in [2.75, 3.05) is 17.2 Å². The number of carbonyl (C=O) groups is 3. The molecule has 0 aliphatic heterocycles. The van der Waals surface area contributed by atoms with Crippen molar-refractivity contribution in [1.82, 2.24) is 0 Å². The van der Waals surface area contributed by atoms with Gasteiger partial charge in [-0.05, 0) is 48.9 Å². The van der Waals surface area contributed by atoms with E-state index in [2.05, 4.69) is 10.6 Å². The molecule has 2 amide bonds. The second kappa shape index (κ2) is 8.30. The Morgan fingerprint density at radius 1 is 1.08 bits per heavy atom. The lowest BCUT2D eigenvalue weighted by atomic mass is 10.2. The summed E-state index contributed by atoms with van der Waals surface area (Å²) in [6, 6.07) is 11.3. The first kappa shape index (κ1) is 18.5. The van der Waals surface area contributed by atoms with Crippen molar-refractivity contribution < 1.29 is 19.1 Å². The van der Waals surface area contributed by atoms with Gasteiger partial charge in [0, 0.05) is 23.3 Å². The first-order valence-corrected chi connectivity index (χ1v) is 7.84. The molecule has 2 N–H and O–H groups in total. The van der Waals surface area contributed by atoms with E-state index in [0.717, 1.165) is 5.56 Å². The van der Waals surface area contributed by atoms with Gasteiger partial charge in [-0.25, -0.2) is 4.79 Å². The van der Waals surface area contributed by atoms with Crippen LogP contribution in [-0.2, 0) is 14.3 Å². The van der Waals surface area contributed by atoms with Crippen LogP contribution < -0.4 is 10.6 Å². The minimum Gasteiger partial charge on any atom is -0.452 e. The van der Waals surface area contributed by atoms with E-state index in [4.69, 9.17) is 16.3 Å². The molecule has 7 heteroatoms. The fraction of sp³-hybridized carbons (Fsp3) is 0.167. The smallest absolute Gasteiger partial charge is 0.338 e. The quantitative estimate of drug-likeness (QED) is 0.800. The number of ether oxygens (including phenoxy) is 1. The van der Waals surface area contributed by atoms with E-state index < -0.39 is 18.5 Å². The Balaban J connectivity index is 1.93. The van der Waals surface area contributed by atoms with Crippen LogP contribution in [0.25, 0.3) is 0 Å². The summed E-state index contributed by atoms with van der Waals surface area (Å²) in [5.74, 6) is -1.37. The first-order chi connectivity index (χ1) is 11.8. The Morgan fingerprint density at radius 3 is 2.52 bits per heavy atom. The SMILES string of the molecule is CC(=O)Nc1cccc(C(=O)OCC(=O)Nc2ccc(Cl)cc2C)c1. The molecule has 2 rings (SSSR count). The molecular weight excluding hydrogens is 344 g/mol. The molecule has 0 heterocycles. The Morgan fingerprint density at radius 2 is 1.84 bits per heavy atom. The molecule has 0 bridgehead atoms. The number of amides is 2. The summed E-state index contributed by atoms with van der Waals surface area (Å²) in [6.45, 7) is 2.75. The van der Waals surface area contributed by atoms with Gasteiger partial charge in [-0.1, -0.05) is 17.7 Å². The number of aryl methyl sites for hydroxylation is 1. The maximum atomic E-state index is 12.0. The van der Waals surface area contributed by atoms with Crippen molar-refractivity contribution in [2.24, 2.45) is 0 Å². The van der Waals surface area contributed by atoms with E-state index in [1.54, 1.807) is 37.3 Å². The van der Waals surface area contributed by atoms with Gasteiger partial charge in [0.15, 0.2) is 6.61 Å². The van der Waals surface area contributed by atoms with Gasteiger partial charge < -0.3 is 15.4 Å². The minimum atomic E-state index is -0.657. The van der Waals surface area contributed by atoms with E-state index in [9.17, 15) is 14.4 Å². The van der Waals surface area contributed by atoms with Crippen molar-refractivity contribution >= 4 is 40.8 Å². The predicted octanol–water partition coefficient (Wildman–Crippen LogP) is 3.40. The monoisotopic (exact) mass is 360 g/mol. The molecule has 130 valence electrons. The van der Waals surface area contributed by atoms with Crippen LogP contribution >= 0.6 is 11.6 Å². The second-order valence-electron chi connectivity index (χ2n) is 5.35. The van der Waals surface area contributed by atoms with Crippen LogP contribution in [0.2, 0.25) is 5.02 Å². The summed E-state index contributed by atoms with van der Waals surface area (Å²) in [7, 11) is 0. The average molecular weight is 361 g/mol. The molecule has 2 aromatic carbocycles. The summed E-state index contributed by atoms with van der Waals surface area (Å²) in [5, 5.41) is 5.79. The molecule has 0 aliphatic rings. The highest BCUT2D eigenvalue weighted by atomic mass is 35.5. The number of esters is 1. The van der Waals surface area contributed by atoms with Crippen LogP contribution in [0.1, 0.15) is 22.8 Å². The molecule has 0 fully saturated rings. The van der Waals surface area contributed by atoms with Crippen LogP contribution in [0.15, 0.2) is 42.5 Å². The number of benzene rings is 2. The molecule has 0 spiro atoms. The number of hydrogen-bond acceptors (Lipinski definition) is 4. The van der Waals surface area contributed by atoms with Crippen LogP contribution in [0.3, 0.4) is 0 Å². The van der Waals surface area contributed by atoms with Gasteiger partial charge >= 0.3 is 5.97 Å². The van der Waals surface area contributed by atoms with Crippen molar-refractivity contribution in [3.63, 3.8) is 0 Å².